The van der Waals surface area contributed by atoms with E-state index < -0.39 is 0 Å². The number of hydrogen-bond donors (Lipinski definition) is 2. The number of aliphatic hydroxyl groups is 2. The Morgan fingerprint density at radius 3 is 2.17 bits per heavy atom. The van der Waals surface area contributed by atoms with Crippen LogP contribution in [0.4, 0.5) is 0 Å². The van der Waals surface area contributed by atoms with E-state index >= 15 is 0 Å². The molecule has 0 aliphatic rings. The summed E-state index contributed by atoms with van der Waals surface area (Å²) in [6, 6.07) is 0. The summed E-state index contributed by atoms with van der Waals surface area (Å²) in [6.45, 7) is 6.20. The lowest BCUT2D eigenvalue weighted by Crippen LogP contribution is -2.28. The third kappa shape index (κ3) is 4.07. The van der Waals surface area contributed by atoms with Crippen molar-refractivity contribution in [1.29, 1.82) is 0 Å². The molecule has 0 radical (unpaired) electrons. The first kappa shape index (κ1) is 11.9. The van der Waals surface area contributed by atoms with Crippen molar-refractivity contribution >= 4 is 0 Å². The molecule has 0 bridgehead atoms. The molecule has 2 nitrogen and oxygen atoms in total. The topological polar surface area (TPSA) is 40.5 Å². The fourth-order valence-electron chi connectivity index (χ4n) is 1.38. The molecule has 2 N–H and O–H groups in total. The second-order valence-electron chi connectivity index (χ2n) is 3.82. The third-order valence-electron chi connectivity index (χ3n) is 2.33. The van der Waals surface area contributed by atoms with Crippen LogP contribution >= 0.6 is 0 Å². The Hall–Kier alpha value is -0.0800. The van der Waals surface area contributed by atoms with E-state index in [9.17, 15) is 5.11 Å². The lowest BCUT2D eigenvalue weighted by molar-refractivity contribution is 0.0287. The maximum absolute atomic E-state index is 9.65. The fourth-order valence-corrected chi connectivity index (χ4v) is 1.38. The minimum Gasteiger partial charge on any atom is -0.396 e. The summed E-state index contributed by atoms with van der Waals surface area (Å²) in [7, 11) is 0. The highest BCUT2D eigenvalue weighted by Gasteiger charge is 2.20. The van der Waals surface area contributed by atoms with Crippen LogP contribution in [-0.4, -0.2) is 22.9 Å². The molecule has 0 aromatic rings. The molecule has 0 amide bonds. The fraction of sp³-hybridized carbons (Fsp3) is 1.00. The van der Waals surface area contributed by atoms with Gasteiger partial charge >= 0.3 is 0 Å². The van der Waals surface area contributed by atoms with Crippen molar-refractivity contribution in [3.8, 4) is 0 Å². The second-order valence-corrected chi connectivity index (χ2v) is 3.82. The zero-order valence-corrected chi connectivity index (χ0v) is 8.45. The molecule has 0 aromatic heterocycles. The summed E-state index contributed by atoms with van der Waals surface area (Å²) >= 11 is 0. The Morgan fingerprint density at radius 1 is 1.25 bits per heavy atom. The zero-order valence-electron chi connectivity index (χ0n) is 8.45. The smallest absolute Gasteiger partial charge is 0.0613 e. The molecular weight excluding hydrogens is 152 g/mol. The summed E-state index contributed by atoms with van der Waals surface area (Å²) in [5.41, 5.74) is 0. The molecule has 2 heteroatoms. The van der Waals surface area contributed by atoms with E-state index in [0.717, 1.165) is 19.3 Å². The average molecular weight is 174 g/mol. The highest BCUT2D eigenvalue weighted by molar-refractivity contribution is 4.70. The lowest BCUT2D eigenvalue weighted by Gasteiger charge is -2.23. The van der Waals surface area contributed by atoms with Crippen LogP contribution in [0.1, 0.15) is 40.0 Å². The molecule has 0 aromatic carbocycles. The normalized spacial score (nSPS) is 16.5. The van der Waals surface area contributed by atoms with Crippen LogP contribution in [-0.2, 0) is 0 Å². The maximum atomic E-state index is 9.65. The van der Waals surface area contributed by atoms with Gasteiger partial charge in [-0.1, -0.05) is 33.6 Å². The van der Waals surface area contributed by atoms with E-state index in [1.54, 1.807) is 0 Å². The van der Waals surface area contributed by atoms with Crippen molar-refractivity contribution in [1.82, 2.24) is 0 Å². The van der Waals surface area contributed by atoms with Crippen molar-refractivity contribution in [2.75, 3.05) is 6.61 Å². The first-order valence-electron chi connectivity index (χ1n) is 4.92. The van der Waals surface area contributed by atoms with Gasteiger partial charge in [0.25, 0.3) is 0 Å². The van der Waals surface area contributed by atoms with Gasteiger partial charge in [-0.15, -0.1) is 0 Å². The molecule has 0 spiro atoms. The van der Waals surface area contributed by atoms with Gasteiger partial charge in [0.2, 0.25) is 0 Å². The van der Waals surface area contributed by atoms with Crippen molar-refractivity contribution in [3.63, 3.8) is 0 Å². The first-order chi connectivity index (χ1) is 5.63. The van der Waals surface area contributed by atoms with Gasteiger partial charge in [0.05, 0.1) is 6.10 Å². The molecular formula is C10H22O2. The van der Waals surface area contributed by atoms with Crippen LogP contribution < -0.4 is 0 Å². The van der Waals surface area contributed by atoms with Gasteiger partial charge in [-0.2, -0.15) is 0 Å². The van der Waals surface area contributed by atoms with Crippen LogP contribution in [0.25, 0.3) is 0 Å². The van der Waals surface area contributed by atoms with Crippen molar-refractivity contribution in [2.45, 2.75) is 46.1 Å². The largest absolute Gasteiger partial charge is 0.396 e. The van der Waals surface area contributed by atoms with Crippen LogP contribution in [0.15, 0.2) is 0 Å². The van der Waals surface area contributed by atoms with E-state index in [4.69, 9.17) is 5.11 Å². The third-order valence-corrected chi connectivity index (χ3v) is 2.33. The van der Waals surface area contributed by atoms with Crippen LogP contribution in [0, 0.1) is 11.8 Å². The van der Waals surface area contributed by atoms with Gasteiger partial charge in [0.15, 0.2) is 0 Å². The van der Waals surface area contributed by atoms with Crippen LogP contribution in [0.3, 0.4) is 0 Å². The van der Waals surface area contributed by atoms with Gasteiger partial charge in [0, 0.05) is 12.5 Å². The average Bonchev–Trinajstić information content (AvgIpc) is 2.05. The van der Waals surface area contributed by atoms with Gasteiger partial charge in [-0.25, -0.2) is 0 Å². The number of aliphatic hydroxyl groups excluding tert-OH is 2. The molecule has 0 heterocycles. The second kappa shape index (κ2) is 6.44. The molecule has 0 rings (SSSR count). The van der Waals surface area contributed by atoms with E-state index in [0.29, 0.717) is 0 Å². The Bertz CT molecular complexity index is 102. The highest BCUT2D eigenvalue weighted by atomic mass is 16.3. The van der Waals surface area contributed by atoms with E-state index in [1.165, 1.54) is 0 Å². The molecule has 0 aliphatic carbocycles. The predicted molar refractivity (Wildman–Crippen MR) is 50.9 cm³/mol. The van der Waals surface area contributed by atoms with E-state index in [-0.39, 0.29) is 24.5 Å². The minimum atomic E-state index is -0.346. The first-order valence-corrected chi connectivity index (χ1v) is 4.92. The van der Waals surface area contributed by atoms with Crippen molar-refractivity contribution in [3.05, 3.63) is 0 Å². The summed E-state index contributed by atoms with van der Waals surface area (Å²) in [6.07, 6.45) is 2.81. The van der Waals surface area contributed by atoms with Gasteiger partial charge in [0.1, 0.15) is 0 Å². The van der Waals surface area contributed by atoms with Gasteiger partial charge in [-0.3, -0.25) is 0 Å². The predicted octanol–water partition coefficient (Wildman–Crippen LogP) is 1.80. The quantitative estimate of drug-likeness (QED) is 0.644. The Morgan fingerprint density at radius 2 is 1.83 bits per heavy atom. The SMILES string of the molecule is CCCCC(CO)C(O)C(C)C. The van der Waals surface area contributed by atoms with Crippen LogP contribution in [0.5, 0.6) is 0 Å². The molecule has 74 valence electrons. The van der Waals surface area contributed by atoms with Gasteiger partial charge in [-0.05, 0) is 12.3 Å². The van der Waals surface area contributed by atoms with E-state index in [2.05, 4.69) is 6.92 Å². The Balaban J connectivity index is 3.79. The van der Waals surface area contributed by atoms with Gasteiger partial charge < -0.3 is 10.2 Å². The molecule has 0 aliphatic heterocycles. The van der Waals surface area contributed by atoms with Crippen LogP contribution in [0.2, 0.25) is 0 Å². The minimum absolute atomic E-state index is 0.0740. The maximum Gasteiger partial charge on any atom is 0.0613 e. The Kier molecular flexibility index (Phi) is 6.39. The molecule has 2 atom stereocenters. The van der Waals surface area contributed by atoms with Crippen molar-refractivity contribution in [2.24, 2.45) is 11.8 Å². The number of unbranched alkanes of at least 4 members (excludes halogenated alkanes) is 1. The summed E-state index contributed by atoms with van der Waals surface area (Å²) < 4.78 is 0. The molecule has 0 fully saturated rings. The summed E-state index contributed by atoms with van der Waals surface area (Å²) in [5, 5.41) is 18.7. The summed E-state index contributed by atoms with van der Waals surface area (Å²) in [5.74, 6) is 0.323. The number of hydrogen-bond acceptors (Lipinski definition) is 2. The van der Waals surface area contributed by atoms with Crippen molar-refractivity contribution < 1.29 is 10.2 Å². The molecule has 2 unspecified atom stereocenters. The molecule has 0 saturated heterocycles. The standard InChI is InChI=1S/C10H22O2/c1-4-5-6-9(7-11)10(12)8(2)3/h8-12H,4-7H2,1-3H3. The monoisotopic (exact) mass is 174 g/mol. The Labute approximate surface area is 75.6 Å². The molecule has 12 heavy (non-hydrogen) atoms. The summed E-state index contributed by atoms with van der Waals surface area (Å²) in [4.78, 5) is 0. The lowest BCUT2D eigenvalue weighted by atomic mass is 9.90. The van der Waals surface area contributed by atoms with E-state index in [1.807, 2.05) is 13.8 Å². The number of rotatable bonds is 6. The molecule has 0 saturated carbocycles. The zero-order chi connectivity index (χ0) is 9.56. The highest BCUT2D eigenvalue weighted by Crippen LogP contribution is 2.18.